The molecule has 2 N–H and O–H groups in total. The predicted octanol–water partition coefficient (Wildman–Crippen LogP) is 0.386. The van der Waals surface area contributed by atoms with E-state index in [1.54, 1.807) is 0 Å². The van der Waals surface area contributed by atoms with E-state index in [0.717, 1.165) is 0 Å². The Morgan fingerprint density at radius 3 is 2.41 bits per heavy atom. The number of fused-ring (bicyclic) bond motifs is 1. The van der Waals surface area contributed by atoms with Crippen molar-refractivity contribution in [3.05, 3.63) is 11.5 Å². The number of carbonyl (C=O) groups is 3. The molecule has 13 heteroatoms. The maximum Gasteiger partial charge on any atom is 0.303 e. The van der Waals surface area contributed by atoms with E-state index < -0.39 is 42.4 Å². The minimum absolute atomic E-state index is 0.0290. The molecule has 1 saturated heterocycles. The van der Waals surface area contributed by atoms with Gasteiger partial charge in [-0.05, 0) is 0 Å². The Hall–Kier alpha value is -2.99. The van der Waals surface area contributed by atoms with Crippen LogP contribution in [0.25, 0.3) is 11.2 Å². The first kappa shape index (κ1) is 20.7. The van der Waals surface area contributed by atoms with Crippen LogP contribution >= 0.6 is 11.6 Å². The zero-order valence-corrected chi connectivity index (χ0v) is 16.5. The van der Waals surface area contributed by atoms with E-state index in [0.29, 0.717) is 0 Å². The minimum Gasteiger partial charge on any atom is -0.463 e. The molecule has 0 aliphatic carbocycles. The van der Waals surface area contributed by atoms with Crippen LogP contribution < -0.4 is 5.73 Å². The fraction of sp³-hybridized carbons (Fsp3) is 0.500. The highest BCUT2D eigenvalue weighted by atomic mass is 35.5. The molecule has 0 radical (unpaired) electrons. The highest BCUT2D eigenvalue weighted by Crippen LogP contribution is 2.36. The maximum absolute atomic E-state index is 11.7. The van der Waals surface area contributed by atoms with Gasteiger partial charge in [-0.25, -0.2) is 4.98 Å². The van der Waals surface area contributed by atoms with Crippen molar-refractivity contribution < 1.29 is 33.3 Å². The van der Waals surface area contributed by atoms with Gasteiger partial charge in [0.25, 0.3) is 0 Å². The number of anilines is 1. The predicted molar refractivity (Wildman–Crippen MR) is 96.4 cm³/mol. The summed E-state index contributed by atoms with van der Waals surface area (Å²) in [7, 11) is 0. The molecule has 156 valence electrons. The third-order valence-electron chi connectivity index (χ3n) is 4.01. The van der Waals surface area contributed by atoms with Crippen molar-refractivity contribution in [2.45, 2.75) is 45.3 Å². The smallest absolute Gasteiger partial charge is 0.303 e. The molecule has 1 aliphatic heterocycles. The molecule has 1 fully saturated rings. The quantitative estimate of drug-likeness (QED) is 0.399. The van der Waals surface area contributed by atoms with E-state index in [1.165, 1.54) is 31.7 Å². The fourth-order valence-corrected chi connectivity index (χ4v) is 3.22. The number of nitrogens with zero attached hydrogens (tertiary/aromatic N) is 4. The number of nitrogens with two attached hydrogens (primary N) is 1. The number of esters is 3. The Bertz CT molecular complexity index is 965. The van der Waals surface area contributed by atoms with Crippen molar-refractivity contribution in [3.63, 3.8) is 0 Å². The number of rotatable bonds is 5. The van der Waals surface area contributed by atoms with Crippen molar-refractivity contribution >= 4 is 46.6 Å². The van der Waals surface area contributed by atoms with Crippen LogP contribution in [-0.4, -0.2) is 62.3 Å². The second kappa shape index (κ2) is 8.17. The SMILES string of the molecule is CC(=O)OC[C@@H]1O[C@H](n2cnc3c(Cl)nc(N)nc32)[C@@H](OC(C)=O)[C@@H]1OC(C)=O. The highest BCUT2D eigenvalue weighted by Gasteiger charge is 2.51. The molecular weight excluding hydrogens is 410 g/mol. The van der Waals surface area contributed by atoms with Gasteiger partial charge < -0.3 is 24.7 Å². The fourth-order valence-electron chi connectivity index (χ4n) is 3.00. The second-order valence-electron chi connectivity index (χ2n) is 6.21. The lowest BCUT2D eigenvalue weighted by molar-refractivity contribution is -0.166. The van der Waals surface area contributed by atoms with Gasteiger partial charge in [-0.15, -0.1) is 0 Å². The van der Waals surface area contributed by atoms with Crippen LogP contribution in [0.3, 0.4) is 0 Å². The van der Waals surface area contributed by atoms with Crippen LogP contribution in [0.5, 0.6) is 0 Å². The van der Waals surface area contributed by atoms with E-state index in [1.807, 2.05) is 0 Å². The Kier molecular flexibility index (Phi) is 5.84. The Morgan fingerprint density at radius 1 is 1.14 bits per heavy atom. The molecule has 12 nitrogen and oxygen atoms in total. The zero-order valence-electron chi connectivity index (χ0n) is 15.7. The number of aromatic nitrogens is 4. The molecule has 29 heavy (non-hydrogen) atoms. The number of halogens is 1. The number of hydrogen-bond acceptors (Lipinski definition) is 11. The van der Waals surface area contributed by atoms with Crippen LogP contribution in [0.2, 0.25) is 5.15 Å². The normalized spacial score (nSPS) is 23.7. The maximum atomic E-state index is 11.7. The molecule has 0 saturated carbocycles. The van der Waals surface area contributed by atoms with Gasteiger partial charge in [-0.1, -0.05) is 11.6 Å². The van der Waals surface area contributed by atoms with E-state index in [2.05, 4.69) is 15.0 Å². The van der Waals surface area contributed by atoms with Gasteiger partial charge >= 0.3 is 17.9 Å². The average Bonchev–Trinajstić information content (AvgIpc) is 3.15. The molecule has 4 atom stereocenters. The van der Waals surface area contributed by atoms with Gasteiger partial charge in [0, 0.05) is 20.8 Å². The summed E-state index contributed by atoms with van der Waals surface area (Å²) in [5.74, 6) is -1.91. The van der Waals surface area contributed by atoms with Crippen molar-refractivity contribution in [1.82, 2.24) is 19.5 Å². The molecule has 1 aliphatic rings. The number of hydrogen-bond donors (Lipinski definition) is 1. The second-order valence-corrected chi connectivity index (χ2v) is 6.57. The van der Waals surface area contributed by atoms with Gasteiger partial charge in [0.15, 0.2) is 29.2 Å². The molecular formula is C16H18ClN5O7. The van der Waals surface area contributed by atoms with Crippen molar-refractivity contribution in [2.75, 3.05) is 12.3 Å². The summed E-state index contributed by atoms with van der Waals surface area (Å²) < 4.78 is 23.0. The Morgan fingerprint density at radius 2 is 1.79 bits per heavy atom. The van der Waals surface area contributed by atoms with Crippen LogP contribution in [0.4, 0.5) is 5.95 Å². The molecule has 2 aromatic rings. The first-order valence-electron chi connectivity index (χ1n) is 8.46. The highest BCUT2D eigenvalue weighted by molar-refractivity contribution is 6.33. The summed E-state index contributed by atoms with van der Waals surface area (Å²) in [6, 6.07) is 0. The van der Waals surface area contributed by atoms with E-state index >= 15 is 0 Å². The van der Waals surface area contributed by atoms with Gasteiger partial charge in [0.05, 0.1) is 6.33 Å². The molecule has 0 aromatic carbocycles. The van der Waals surface area contributed by atoms with Crippen molar-refractivity contribution in [1.29, 1.82) is 0 Å². The lowest BCUT2D eigenvalue weighted by Gasteiger charge is -2.23. The van der Waals surface area contributed by atoms with Gasteiger partial charge in [0.2, 0.25) is 5.95 Å². The molecule has 0 bridgehead atoms. The zero-order chi connectivity index (χ0) is 21.3. The van der Waals surface area contributed by atoms with Crippen LogP contribution in [0.1, 0.15) is 27.0 Å². The monoisotopic (exact) mass is 427 g/mol. The summed E-state index contributed by atoms with van der Waals surface area (Å²) in [6.45, 7) is 3.39. The summed E-state index contributed by atoms with van der Waals surface area (Å²) in [6.07, 6.45) is -2.70. The van der Waals surface area contributed by atoms with Gasteiger partial charge in [-0.2, -0.15) is 9.97 Å². The number of carbonyl (C=O) groups excluding carboxylic acids is 3. The Labute approximate surface area is 169 Å². The number of imidazole rings is 1. The summed E-state index contributed by atoms with van der Waals surface area (Å²) in [5, 5.41) is 0.0290. The largest absolute Gasteiger partial charge is 0.463 e. The summed E-state index contributed by atoms with van der Waals surface area (Å²) in [4.78, 5) is 46.6. The first-order valence-corrected chi connectivity index (χ1v) is 8.84. The topological polar surface area (TPSA) is 158 Å². The molecule has 0 unspecified atom stereocenters. The molecule has 0 amide bonds. The molecule has 2 aromatic heterocycles. The minimum atomic E-state index is -1.08. The lowest BCUT2D eigenvalue weighted by Crippen LogP contribution is -2.40. The van der Waals surface area contributed by atoms with E-state index in [-0.39, 0.29) is 28.9 Å². The van der Waals surface area contributed by atoms with Gasteiger partial charge in [0.1, 0.15) is 18.2 Å². The molecule has 3 heterocycles. The first-order chi connectivity index (χ1) is 13.7. The molecule has 3 rings (SSSR count). The third-order valence-corrected chi connectivity index (χ3v) is 4.27. The number of ether oxygens (including phenoxy) is 4. The standard InChI is InChI=1S/C16H18ClN5O7/c1-6(23)26-4-9-11(27-7(2)24)12(28-8(3)25)15(29-9)22-5-19-10-13(17)20-16(18)21-14(10)22/h5,9,11-12,15H,4H2,1-3H3,(H2,18,20,21)/t9-,11+,12-,15-/m0/s1. The summed E-state index contributed by atoms with van der Waals surface area (Å²) in [5.41, 5.74) is 6.14. The lowest BCUT2D eigenvalue weighted by atomic mass is 10.1. The van der Waals surface area contributed by atoms with Crippen LogP contribution in [0, 0.1) is 0 Å². The number of nitrogen functional groups attached to an aromatic ring is 1. The van der Waals surface area contributed by atoms with Crippen LogP contribution in [0.15, 0.2) is 6.33 Å². The van der Waals surface area contributed by atoms with Gasteiger partial charge in [-0.3, -0.25) is 19.0 Å². The third kappa shape index (κ3) is 4.38. The van der Waals surface area contributed by atoms with E-state index in [9.17, 15) is 14.4 Å². The van der Waals surface area contributed by atoms with Crippen molar-refractivity contribution in [2.24, 2.45) is 0 Å². The van der Waals surface area contributed by atoms with Crippen molar-refractivity contribution in [3.8, 4) is 0 Å². The van der Waals surface area contributed by atoms with E-state index in [4.69, 9.17) is 36.3 Å². The Balaban J connectivity index is 2.04. The van der Waals surface area contributed by atoms with Crippen LogP contribution in [-0.2, 0) is 33.3 Å². The average molecular weight is 428 g/mol. The summed E-state index contributed by atoms with van der Waals surface area (Å²) >= 11 is 6.05. The molecule has 0 spiro atoms.